The zero-order valence-electron chi connectivity index (χ0n) is 10.0. The third-order valence-electron chi connectivity index (χ3n) is 2.26. The van der Waals surface area contributed by atoms with E-state index in [0.29, 0.717) is 0 Å². The van der Waals surface area contributed by atoms with Gasteiger partial charge in [-0.05, 0) is 13.8 Å². The van der Waals surface area contributed by atoms with Gasteiger partial charge in [0.15, 0.2) is 5.69 Å². The highest BCUT2D eigenvalue weighted by atomic mass is 19.4. The smallest absolute Gasteiger partial charge is 0.435 e. The van der Waals surface area contributed by atoms with Crippen LogP contribution in [0, 0.1) is 0 Å². The minimum absolute atomic E-state index is 0.227. The topological polar surface area (TPSA) is 97.1 Å². The first-order valence-corrected chi connectivity index (χ1v) is 5.23. The van der Waals surface area contributed by atoms with E-state index in [1.807, 2.05) is 0 Å². The maximum absolute atomic E-state index is 12.8. The van der Waals surface area contributed by atoms with Crippen LogP contribution >= 0.6 is 0 Å². The molecule has 0 bridgehead atoms. The van der Waals surface area contributed by atoms with Gasteiger partial charge in [-0.1, -0.05) is 5.21 Å². The molecule has 0 aliphatic carbocycles. The second-order valence-corrected chi connectivity index (χ2v) is 3.60. The van der Waals surface area contributed by atoms with Gasteiger partial charge in [0.1, 0.15) is 6.04 Å². The Kier molecular flexibility index (Phi) is 4.12. The van der Waals surface area contributed by atoms with Crippen LogP contribution in [-0.2, 0) is 11.0 Å². The number of amides is 1. The highest BCUT2D eigenvalue weighted by molar-refractivity contribution is 5.87. The van der Waals surface area contributed by atoms with Gasteiger partial charge in [-0.2, -0.15) is 13.2 Å². The van der Waals surface area contributed by atoms with E-state index in [2.05, 4.69) is 15.6 Å². The van der Waals surface area contributed by atoms with E-state index in [1.165, 1.54) is 6.92 Å². The number of likely N-dealkylation sites (N-methyl/N-ethyl adjacent to an activating group) is 1. The third kappa shape index (κ3) is 3.01. The summed E-state index contributed by atoms with van der Waals surface area (Å²) in [6, 6.07) is -1.32. The number of carboxylic acid groups (broad SMARTS) is 1. The lowest BCUT2D eigenvalue weighted by Crippen LogP contribution is -2.33. The standard InChI is InChI=1S/C9H11F3N4O3/c1-3-13-7(17)4(2)16-6(9(10,11)12)5(8(18)19)14-15-16/h4H,3H2,1-2H3,(H,13,17)(H,18,19). The van der Waals surface area contributed by atoms with E-state index in [-0.39, 0.29) is 11.2 Å². The lowest BCUT2D eigenvalue weighted by atomic mass is 10.2. The first kappa shape index (κ1) is 14.9. The molecule has 0 radical (unpaired) electrons. The second kappa shape index (κ2) is 5.24. The lowest BCUT2D eigenvalue weighted by Gasteiger charge is -2.15. The van der Waals surface area contributed by atoms with Crippen LogP contribution in [0.1, 0.15) is 36.1 Å². The number of hydrogen-bond donors (Lipinski definition) is 2. The number of rotatable bonds is 4. The molecule has 19 heavy (non-hydrogen) atoms. The Labute approximate surface area is 105 Å². The SMILES string of the molecule is CCNC(=O)C(C)n1nnc(C(=O)O)c1C(F)(F)F. The molecule has 7 nitrogen and oxygen atoms in total. The summed E-state index contributed by atoms with van der Waals surface area (Å²) in [5.74, 6) is -2.57. The molecule has 106 valence electrons. The third-order valence-corrected chi connectivity index (χ3v) is 2.26. The first-order valence-electron chi connectivity index (χ1n) is 5.23. The van der Waals surface area contributed by atoms with E-state index in [9.17, 15) is 22.8 Å². The number of carbonyl (C=O) groups excluding carboxylic acids is 1. The van der Waals surface area contributed by atoms with Crippen LogP contribution in [0.15, 0.2) is 0 Å². The van der Waals surface area contributed by atoms with Gasteiger partial charge in [-0.25, -0.2) is 9.48 Å². The Hall–Kier alpha value is -2.13. The highest BCUT2D eigenvalue weighted by Crippen LogP contribution is 2.32. The molecule has 1 aromatic rings. The zero-order chi connectivity index (χ0) is 14.8. The van der Waals surface area contributed by atoms with Crippen LogP contribution in [0.5, 0.6) is 0 Å². The molecule has 0 aromatic carbocycles. The van der Waals surface area contributed by atoms with Crippen molar-refractivity contribution in [3.05, 3.63) is 11.4 Å². The van der Waals surface area contributed by atoms with Crippen molar-refractivity contribution in [1.82, 2.24) is 20.3 Å². The molecule has 0 saturated carbocycles. The molecule has 1 rings (SSSR count). The van der Waals surface area contributed by atoms with Gasteiger partial charge < -0.3 is 10.4 Å². The number of carboxylic acids is 1. The van der Waals surface area contributed by atoms with Gasteiger partial charge in [0.2, 0.25) is 11.6 Å². The predicted octanol–water partition coefficient (Wildman–Crippen LogP) is 0.692. The maximum Gasteiger partial charge on any atom is 0.435 e. The van der Waals surface area contributed by atoms with Gasteiger partial charge >= 0.3 is 12.1 Å². The summed E-state index contributed by atoms with van der Waals surface area (Å²) in [4.78, 5) is 22.2. The fourth-order valence-corrected chi connectivity index (χ4v) is 1.41. The summed E-state index contributed by atoms with van der Waals surface area (Å²) in [6.07, 6.45) is -4.97. The maximum atomic E-state index is 12.8. The number of alkyl halides is 3. The van der Waals surface area contributed by atoms with E-state index in [4.69, 9.17) is 5.11 Å². The average molecular weight is 280 g/mol. The van der Waals surface area contributed by atoms with Crippen molar-refractivity contribution in [2.24, 2.45) is 0 Å². The Morgan fingerprint density at radius 3 is 2.47 bits per heavy atom. The summed E-state index contributed by atoms with van der Waals surface area (Å²) < 4.78 is 38.7. The number of nitrogens with zero attached hydrogens (tertiary/aromatic N) is 3. The van der Waals surface area contributed by atoms with Crippen LogP contribution in [-0.4, -0.2) is 38.5 Å². The van der Waals surface area contributed by atoms with Gasteiger partial charge in [0, 0.05) is 6.54 Å². The van der Waals surface area contributed by atoms with Crippen molar-refractivity contribution >= 4 is 11.9 Å². The molecule has 0 saturated heterocycles. The summed E-state index contributed by atoms with van der Waals surface area (Å²) in [5, 5.41) is 17.0. The molecule has 10 heteroatoms. The van der Waals surface area contributed by atoms with E-state index >= 15 is 0 Å². The molecule has 1 aromatic heterocycles. The van der Waals surface area contributed by atoms with E-state index in [1.54, 1.807) is 6.92 Å². The molecule has 1 amide bonds. The number of halogens is 3. The quantitative estimate of drug-likeness (QED) is 0.845. The summed E-state index contributed by atoms with van der Waals surface area (Å²) in [7, 11) is 0. The molecule has 0 fully saturated rings. The number of carbonyl (C=O) groups is 2. The minimum Gasteiger partial charge on any atom is -0.476 e. The van der Waals surface area contributed by atoms with Crippen LogP contribution in [0.2, 0.25) is 0 Å². The van der Waals surface area contributed by atoms with Crippen molar-refractivity contribution in [3.8, 4) is 0 Å². The molecule has 1 unspecified atom stereocenters. The zero-order valence-corrected chi connectivity index (χ0v) is 10.0. The second-order valence-electron chi connectivity index (χ2n) is 3.60. The van der Waals surface area contributed by atoms with Gasteiger partial charge in [-0.15, -0.1) is 5.10 Å². The number of aromatic carboxylic acids is 1. The van der Waals surface area contributed by atoms with Crippen molar-refractivity contribution in [1.29, 1.82) is 0 Å². The molecule has 1 heterocycles. The number of nitrogens with one attached hydrogen (secondary N) is 1. The van der Waals surface area contributed by atoms with Crippen LogP contribution in [0.4, 0.5) is 13.2 Å². The largest absolute Gasteiger partial charge is 0.476 e. The normalized spacial score (nSPS) is 13.1. The molecule has 0 aliphatic rings. The number of hydrogen-bond acceptors (Lipinski definition) is 4. The minimum atomic E-state index is -4.97. The Morgan fingerprint density at radius 1 is 1.47 bits per heavy atom. The summed E-state index contributed by atoms with van der Waals surface area (Å²) in [6.45, 7) is 2.99. The molecule has 0 aliphatic heterocycles. The Balaban J connectivity index is 3.29. The Morgan fingerprint density at radius 2 is 2.05 bits per heavy atom. The fourth-order valence-electron chi connectivity index (χ4n) is 1.41. The van der Waals surface area contributed by atoms with E-state index < -0.39 is 35.5 Å². The predicted molar refractivity (Wildman–Crippen MR) is 55.4 cm³/mol. The van der Waals surface area contributed by atoms with Gasteiger partial charge in [-0.3, -0.25) is 4.79 Å². The molecular weight excluding hydrogens is 269 g/mol. The van der Waals surface area contributed by atoms with Crippen molar-refractivity contribution in [2.75, 3.05) is 6.54 Å². The monoisotopic (exact) mass is 280 g/mol. The van der Waals surface area contributed by atoms with Crippen molar-refractivity contribution in [2.45, 2.75) is 26.1 Å². The fraction of sp³-hybridized carbons (Fsp3) is 0.556. The molecule has 2 N–H and O–H groups in total. The summed E-state index contributed by atoms with van der Waals surface area (Å²) >= 11 is 0. The van der Waals surface area contributed by atoms with Crippen LogP contribution in [0.3, 0.4) is 0 Å². The highest BCUT2D eigenvalue weighted by Gasteiger charge is 2.43. The molecule has 0 spiro atoms. The molecular formula is C9H11F3N4O3. The van der Waals surface area contributed by atoms with Crippen molar-refractivity contribution in [3.63, 3.8) is 0 Å². The van der Waals surface area contributed by atoms with Crippen LogP contribution in [0.25, 0.3) is 0 Å². The number of aromatic nitrogens is 3. The summed E-state index contributed by atoms with van der Waals surface area (Å²) in [5.41, 5.74) is -2.79. The first-order chi connectivity index (χ1) is 8.70. The van der Waals surface area contributed by atoms with Crippen LogP contribution < -0.4 is 5.32 Å². The van der Waals surface area contributed by atoms with Crippen molar-refractivity contribution < 1.29 is 27.9 Å². The average Bonchev–Trinajstić information content (AvgIpc) is 2.72. The van der Waals surface area contributed by atoms with E-state index in [0.717, 1.165) is 0 Å². The Bertz CT molecular complexity index is 497. The molecule has 1 atom stereocenters. The lowest BCUT2D eigenvalue weighted by molar-refractivity contribution is -0.146. The van der Waals surface area contributed by atoms with Gasteiger partial charge in [0.25, 0.3) is 0 Å². The van der Waals surface area contributed by atoms with Gasteiger partial charge in [0.05, 0.1) is 0 Å².